The van der Waals surface area contributed by atoms with E-state index in [1.807, 2.05) is 32.9 Å². The van der Waals surface area contributed by atoms with Gasteiger partial charge in [-0.25, -0.2) is 0 Å². The third-order valence-electron chi connectivity index (χ3n) is 2.49. The normalized spacial score (nSPS) is 11.6. The van der Waals surface area contributed by atoms with Gasteiger partial charge < -0.3 is 5.73 Å². The quantitative estimate of drug-likeness (QED) is 0.754. The lowest BCUT2D eigenvalue weighted by atomic mass is 9.88. The highest BCUT2D eigenvalue weighted by Crippen LogP contribution is 2.20. The zero-order valence-corrected chi connectivity index (χ0v) is 10.1. The third-order valence-corrected chi connectivity index (χ3v) is 2.49. The zero-order valence-electron chi connectivity index (χ0n) is 10.1. The molecule has 2 nitrogen and oxygen atoms in total. The summed E-state index contributed by atoms with van der Waals surface area (Å²) < 4.78 is 0. The van der Waals surface area contributed by atoms with Crippen LogP contribution in [-0.4, -0.2) is 11.3 Å². The molecule has 0 radical (unpaired) electrons. The topological polar surface area (TPSA) is 43.1 Å². The molecule has 0 aliphatic heterocycles. The molecule has 2 heteroatoms. The second kappa shape index (κ2) is 3.78. The maximum absolute atomic E-state index is 12.1. The lowest BCUT2D eigenvalue weighted by Crippen LogP contribution is -2.42. The minimum atomic E-state index is -0.801. The van der Waals surface area contributed by atoms with Gasteiger partial charge in [0.05, 0.1) is 5.54 Å². The van der Waals surface area contributed by atoms with E-state index in [9.17, 15) is 4.79 Å². The number of rotatable bonds is 2. The molecule has 0 unspecified atom stereocenters. The van der Waals surface area contributed by atoms with Crippen LogP contribution in [0.5, 0.6) is 0 Å². The minimum absolute atomic E-state index is 0.0116. The molecule has 0 aliphatic rings. The molecule has 0 fully saturated rings. The highest BCUT2D eigenvalue weighted by Gasteiger charge is 2.26. The Hall–Kier alpha value is -1.15. The number of hydrogen-bond acceptors (Lipinski definition) is 2. The maximum Gasteiger partial charge on any atom is 0.182 e. The van der Waals surface area contributed by atoms with Gasteiger partial charge in [0.1, 0.15) is 0 Å². The first kappa shape index (κ1) is 11.9. The van der Waals surface area contributed by atoms with Crippen LogP contribution in [0.25, 0.3) is 0 Å². The Morgan fingerprint density at radius 2 is 1.53 bits per heavy atom. The summed E-state index contributed by atoms with van der Waals surface area (Å²) in [5.41, 5.74) is 9.01. The van der Waals surface area contributed by atoms with Crippen LogP contribution in [-0.2, 0) is 0 Å². The molecule has 82 valence electrons. The van der Waals surface area contributed by atoms with Gasteiger partial charge in [-0.3, -0.25) is 4.79 Å². The summed E-state index contributed by atoms with van der Waals surface area (Å²) in [6, 6.07) is 4.04. The van der Waals surface area contributed by atoms with E-state index in [1.54, 1.807) is 13.8 Å². The second-order valence-corrected chi connectivity index (χ2v) is 4.82. The second-order valence-electron chi connectivity index (χ2n) is 4.82. The molecule has 0 atom stereocenters. The van der Waals surface area contributed by atoms with Gasteiger partial charge >= 0.3 is 0 Å². The Labute approximate surface area is 91.5 Å². The minimum Gasteiger partial charge on any atom is -0.319 e. The predicted molar refractivity (Wildman–Crippen MR) is 63.2 cm³/mol. The molecule has 0 heterocycles. The van der Waals surface area contributed by atoms with Crippen molar-refractivity contribution in [2.75, 3.05) is 0 Å². The summed E-state index contributed by atoms with van der Waals surface area (Å²) in [6.07, 6.45) is 0. The average molecular weight is 205 g/mol. The number of benzene rings is 1. The van der Waals surface area contributed by atoms with Crippen LogP contribution in [0.3, 0.4) is 0 Å². The molecule has 1 rings (SSSR count). The number of nitrogens with two attached hydrogens (primary N) is 1. The molecule has 0 saturated carbocycles. The van der Waals surface area contributed by atoms with Crippen LogP contribution in [0.1, 0.15) is 40.9 Å². The Bertz CT molecular complexity index is 376. The van der Waals surface area contributed by atoms with Gasteiger partial charge in [-0.2, -0.15) is 0 Å². The molecule has 15 heavy (non-hydrogen) atoms. The molecule has 1 aromatic rings. The molecule has 0 aliphatic carbocycles. The van der Waals surface area contributed by atoms with Crippen LogP contribution in [0.2, 0.25) is 0 Å². The van der Waals surface area contributed by atoms with Crippen molar-refractivity contribution in [3.63, 3.8) is 0 Å². The highest BCUT2D eigenvalue weighted by molar-refractivity contribution is 6.04. The van der Waals surface area contributed by atoms with Crippen molar-refractivity contribution < 1.29 is 4.79 Å². The summed E-state index contributed by atoms with van der Waals surface area (Å²) in [5.74, 6) is 0.0116. The van der Waals surface area contributed by atoms with E-state index in [0.717, 1.165) is 16.7 Å². The van der Waals surface area contributed by atoms with E-state index in [-0.39, 0.29) is 5.78 Å². The van der Waals surface area contributed by atoms with Crippen molar-refractivity contribution in [3.8, 4) is 0 Å². The van der Waals surface area contributed by atoms with Crippen molar-refractivity contribution in [1.29, 1.82) is 0 Å². The van der Waals surface area contributed by atoms with Crippen LogP contribution in [0.15, 0.2) is 12.1 Å². The Morgan fingerprint density at radius 3 is 1.87 bits per heavy atom. The third kappa shape index (κ3) is 2.45. The lowest BCUT2D eigenvalue weighted by Gasteiger charge is -2.20. The monoisotopic (exact) mass is 205 g/mol. The molecule has 0 bridgehead atoms. The van der Waals surface area contributed by atoms with Gasteiger partial charge in [0.2, 0.25) is 0 Å². The summed E-state index contributed by atoms with van der Waals surface area (Å²) >= 11 is 0. The van der Waals surface area contributed by atoms with E-state index in [4.69, 9.17) is 5.73 Å². The SMILES string of the molecule is Cc1cc(C)c(C(=O)C(C)(C)N)c(C)c1. The molecule has 0 saturated heterocycles. The summed E-state index contributed by atoms with van der Waals surface area (Å²) in [5, 5.41) is 0. The van der Waals surface area contributed by atoms with E-state index >= 15 is 0 Å². The molecule has 1 aromatic carbocycles. The average Bonchev–Trinajstić information content (AvgIpc) is 1.99. The Morgan fingerprint density at radius 1 is 1.13 bits per heavy atom. The van der Waals surface area contributed by atoms with Gasteiger partial charge in [-0.15, -0.1) is 0 Å². The van der Waals surface area contributed by atoms with Crippen molar-refractivity contribution in [1.82, 2.24) is 0 Å². The first-order valence-corrected chi connectivity index (χ1v) is 5.15. The molecular weight excluding hydrogens is 186 g/mol. The van der Waals surface area contributed by atoms with Gasteiger partial charge in [0.15, 0.2) is 5.78 Å². The van der Waals surface area contributed by atoms with Crippen LogP contribution < -0.4 is 5.73 Å². The number of Topliss-reactive ketones (excluding diaryl/α,β-unsaturated/α-hetero) is 1. The number of carbonyl (C=O) groups excluding carboxylic acids is 1. The van der Waals surface area contributed by atoms with E-state index in [2.05, 4.69) is 0 Å². The highest BCUT2D eigenvalue weighted by atomic mass is 16.1. The summed E-state index contributed by atoms with van der Waals surface area (Å²) in [4.78, 5) is 12.1. The Balaban J connectivity index is 3.33. The van der Waals surface area contributed by atoms with Crippen LogP contribution in [0, 0.1) is 20.8 Å². The summed E-state index contributed by atoms with van der Waals surface area (Å²) in [7, 11) is 0. The van der Waals surface area contributed by atoms with Crippen molar-refractivity contribution >= 4 is 5.78 Å². The van der Waals surface area contributed by atoms with Crippen LogP contribution >= 0.6 is 0 Å². The molecule has 0 spiro atoms. The predicted octanol–water partition coefficient (Wildman–Crippen LogP) is 2.53. The fraction of sp³-hybridized carbons (Fsp3) is 0.462. The number of aryl methyl sites for hydroxylation is 3. The van der Waals surface area contributed by atoms with Crippen molar-refractivity contribution in [3.05, 3.63) is 34.4 Å². The first-order valence-electron chi connectivity index (χ1n) is 5.15. The number of carbonyl (C=O) groups is 1. The smallest absolute Gasteiger partial charge is 0.182 e. The van der Waals surface area contributed by atoms with Gasteiger partial charge in [0, 0.05) is 5.56 Å². The zero-order chi connectivity index (χ0) is 11.8. The molecular formula is C13H19NO. The fourth-order valence-electron chi connectivity index (χ4n) is 1.86. The first-order chi connectivity index (χ1) is 6.73. The van der Waals surface area contributed by atoms with E-state index in [1.165, 1.54) is 5.56 Å². The standard InChI is InChI=1S/C13H19NO/c1-8-6-9(2)11(10(3)7-8)12(15)13(4,5)14/h6-7H,14H2,1-5H3. The van der Waals surface area contributed by atoms with E-state index < -0.39 is 5.54 Å². The van der Waals surface area contributed by atoms with Gasteiger partial charge in [-0.1, -0.05) is 17.7 Å². The lowest BCUT2D eigenvalue weighted by molar-refractivity contribution is 0.0912. The molecule has 0 aromatic heterocycles. The van der Waals surface area contributed by atoms with Crippen molar-refractivity contribution in [2.45, 2.75) is 40.2 Å². The maximum atomic E-state index is 12.1. The Kier molecular flexibility index (Phi) is 3.00. The molecule has 2 N–H and O–H groups in total. The van der Waals surface area contributed by atoms with Gasteiger partial charge in [-0.05, 0) is 45.7 Å². The largest absolute Gasteiger partial charge is 0.319 e. The van der Waals surface area contributed by atoms with Crippen molar-refractivity contribution in [2.24, 2.45) is 5.73 Å². The molecule has 0 amide bonds. The summed E-state index contributed by atoms with van der Waals surface area (Å²) in [6.45, 7) is 9.43. The van der Waals surface area contributed by atoms with Gasteiger partial charge in [0.25, 0.3) is 0 Å². The van der Waals surface area contributed by atoms with E-state index in [0.29, 0.717) is 0 Å². The number of hydrogen-bond donors (Lipinski definition) is 1. The van der Waals surface area contributed by atoms with Crippen LogP contribution in [0.4, 0.5) is 0 Å². The number of ketones is 1. The fourth-order valence-corrected chi connectivity index (χ4v) is 1.86.